The number of halogens is 1. The van der Waals surface area contributed by atoms with Crippen LogP contribution in [0.3, 0.4) is 0 Å². The van der Waals surface area contributed by atoms with Crippen LogP contribution in [0, 0.1) is 11.8 Å². The second-order valence-electron chi connectivity index (χ2n) is 6.91. The number of amides is 2. The Bertz CT molecular complexity index is 778. The molecule has 1 fully saturated rings. The lowest BCUT2D eigenvalue weighted by Gasteiger charge is -2.32. The number of nitrogens with one attached hydrogen (secondary N) is 2. The van der Waals surface area contributed by atoms with Crippen molar-refractivity contribution in [3.05, 3.63) is 71.1 Å². The van der Waals surface area contributed by atoms with Crippen LogP contribution in [0.15, 0.2) is 48.5 Å². The number of hydrogen-bond acceptors (Lipinski definition) is 2. The minimum absolute atomic E-state index is 0.0609. The van der Waals surface area contributed by atoms with E-state index in [0.29, 0.717) is 18.1 Å². The Kier molecular flexibility index (Phi) is 6.51. The van der Waals surface area contributed by atoms with Gasteiger partial charge in [-0.25, -0.2) is 4.79 Å². The first kappa shape index (κ1) is 19.4. The lowest BCUT2D eigenvalue weighted by Crippen LogP contribution is -2.40. The van der Waals surface area contributed by atoms with Crippen LogP contribution in [0.5, 0.6) is 0 Å². The first-order valence-electron chi connectivity index (χ1n) is 9.34. The largest absolute Gasteiger partial charge is 0.324 e. The summed E-state index contributed by atoms with van der Waals surface area (Å²) in [7, 11) is 0. The van der Waals surface area contributed by atoms with Crippen LogP contribution in [0.2, 0.25) is 5.02 Å². The summed E-state index contributed by atoms with van der Waals surface area (Å²) in [5.41, 5.74) is 3.52. The molecule has 2 aromatic carbocycles. The molecule has 0 unspecified atom stereocenters. The van der Waals surface area contributed by atoms with Crippen molar-refractivity contribution in [3.8, 4) is 0 Å². The van der Waals surface area contributed by atoms with Crippen molar-refractivity contribution in [1.82, 2.24) is 4.90 Å². The van der Waals surface area contributed by atoms with Crippen LogP contribution in [0.25, 0.3) is 0 Å². The normalized spacial score (nSPS) is 14.8. The maximum absolute atomic E-state index is 12.5. The highest BCUT2D eigenvalue weighted by Gasteiger charge is 2.23. The van der Waals surface area contributed by atoms with Gasteiger partial charge in [0.15, 0.2) is 0 Å². The smallest absolute Gasteiger partial charge is 0.321 e. The molecule has 1 heterocycles. The molecule has 1 saturated heterocycles. The van der Waals surface area contributed by atoms with Gasteiger partial charge in [-0.05, 0) is 67.0 Å². The van der Waals surface area contributed by atoms with Gasteiger partial charge in [-0.3, -0.25) is 0 Å². The highest BCUT2D eigenvalue weighted by Crippen LogP contribution is 2.29. The molecule has 4 nitrogen and oxygen atoms in total. The number of rotatable bonds is 5. The third-order valence-electron chi connectivity index (χ3n) is 5.02. The predicted octanol–water partition coefficient (Wildman–Crippen LogP) is 5.73. The fourth-order valence-corrected chi connectivity index (χ4v) is 3.56. The van der Waals surface area contributed by atoms with E-state index >= 15 is 0 Å². The summed E-state index contributed by atoms with van der Waals surface area (Å²) >= 11 is 5.96. The number of hydrogen-bond donors (Lipinski definition) is 2. The maximum Gasteiger partial charge on any atom is 0.321 e. The van der Waals surface area contributed by atoms with E-state index in [1.165, 1.54) is 5.56 Å². The Morgan fingerprint density at radius 3 is 2.37 bits per heavy atom. The van der Waals surface area contributed by atoms with E-state index in [4.69, 9.17) is 17.0 Å². The SMILES string of the molecule is C[CH]CC(=N)c1ccc(NC(=O)N2CCC(c3ccc(Cl)cc3)CC2)cc1. The van der Waals surface area contributed by atoms with E-state index in [1.807, 2.05) is 54.6 Å². The van der Waals surface area contributed by atoms with Gasteiger partial charge in [-0.15, -0.1) is 0 Å². The van der Waals surface area contributed by atoms with Crippen molar-refractivity contribution in [2.45, 2.75) is 32.1 Å². The van der Waals surface area contributed by atoms with E-state index in [1.54, 1.807) is 0 Å². The summed E-state index contributed by atoms with van der Waals surface area (Å²) < 4.78 is 0. The number of likely N-dealkylation sites (tertiary alicyclic amines) is 1. The molecule has 0 bridgehead atoms. The third-order valence-corrected chi connectivity index (χ3v) is 5.27. The monoisotopic (exact) mass is 382 g/mol. The summed E-state index contributed by atoms with van der Waals surface area (Å²) in [6.07, 6.45) is 4.53. The van der Waals surface area contributed by atoms with Gasteiger partial charge in [-0.2, -0.15) is 0 Å². The minimum Gasteiger partial charge on any atom is -0.324 e. The lowest BCUT2D eigenvalue weighted by atomic mass is 9.89. The molecule has 3 rings (SSSR count). The van der Waals surface area contributed by atoms with Crippen LogP contribution in [0.1, 0.15) is 43.2 Å². The fourth-order valence-electron chi connectivity index (χ4n) is 3.43. The van der Waals surface area contributed by atoms with Gasteiger partial charge in [-0.1, -0.05) is 42.8 Å². The molecular formula is C22H25ClN3O. The van der Waals surface area contributed by atoms with E-state index in [2.05, 4.69) is 17.4 Å². The summed E-state index contributed by atoms with van der Waals surface area (Å²) in [5, 5.41) is 11.7. The van der Waals surface area contributed by atoms with Crippen molar-refractivity contribution in [1.29, 1.82) is 5.41 Å². The first-order valence-corrected chi connectivity index (χ1v) is 9.71. The molecule has 141 valence electrons. The van der Waals surface area contributed by atoms with E-state index < -0.39 is 0 Å². The molecule has 0 spiro atoms. The fraction of sp³-hybridized carbons (Fsp3) is 0.318. The molecule has 0 saturated carbocycles. The molecule has 1 aliphatic rings. The van der Waals surface area contributed by atoms with Crippen molar-refractivity contribution < 1.29 is 4.79 Å². The Hall–Kier alpha value is -2.33. The van der Waals surface area contributed by atoms with E-state index in [0.717, 1.165) is 42.2 Å². The van der Waals surface area contributed by atoms with Gasteiger partial charge in [0.2, 0.25) is 0 Å². The zero-order chi connectivity index (χ0) is 19.2. The highest BCUT2D eigenvalue weighted by atomic mass is 35.5. The van der Waals surface area contributed by atoms with Gasteiger partial charge < -0.3 is 15.6 Å². The van der Waals surface area contributed by atoms with Crippen LogP contribution in [-0.2, 0) is 0 Å². The van der Waals surface area contributed by atoms with Crippen LogP contribution >= 0.6 is 11.6 Å². The quantitative estimate of drug-likeness (QED) is 0.637. The van der Waals surface area contributed by atoms with Crippen LogP contribution < -0.4 is 5.32 Å². The molecule has 0 aromatic heterocycles. The second kappa shape index (κ2) is 9.05. The van der Waals surface area contributed by atoms with Crippen molar-refractivity contribution >= 4 is 29.0 Å². The molecule has 0 aliphatic carbocycles. The topological polar surface area (TPSA) is 56.2 Å². The molecule has 27 heavy (non-hydrogen) atoms. The number of benzene rings is 2. The number of nitrogens with zero attached hydrogens (tertiary/aromatic N) is 1. The Balaban J connectivity index is 1.52. The standard InChI is InChI=1S/C22H25ClN3O/c1-2-3-21(24)18-6-10-20(11-7-18)25-22(27)26-14-12-17(13-15-26)16-4-8-19(23)9-5-16/h2,4-11,17,24H,3,12-15H2,1H3,(H,25,27). The number of anilines is 1. The number of carbonyl (C=O) groups is 1. The third kappa shape index (κ3) is 5.10. The summed E-state index contributed by atoms with van der Waals surface area (Å²) in [6.45, 7) is 3.43. The van der Waals surface area contributed by atoms with E-state index in [-0.39, 0.29) is 6.03 Å². The molecule has 1 radical (unpaired) electrons. The van der Waals surface area contributed by atoms with Gasteiger partial charge in [0, 0.05) is 29.5 Å². The second-order valence-corrected chi connectivity index (χ2v) is 7.35. The molecule has 0 atom stereocenters. The van der Waals surface area contributed by atoms with Gasteiger partial charge in [0.1, 0.15) is 0 Å². The zero-order valence-corrected chi connectivity index (χ0v) is 16.3. The summed E-state index contributed by atoms with van der Waals surface area (Å²) in [4.78, 5) is 14.4. The molecular weight excluding hydrogens is 358 g/mol. The van der Waals surface area contributed by atoms with Crippen molar-refractivity contribution in [2.75, 3.05) is 18.4 Å². The molecule has 2 N–H and O–H groups in total. The lowest BCUT2D eigenvalue weighted by molar-refractivity contribution is 0.194. The van der Waals surface area contributed by atoms with E-state index in [9.17, 15) is 4.79 Å². The summed E-state index contributed by atoms with van der Waals surface area (Å²) in [5.74, 6) is 0.479. The average molecular weight is 383 g/mol. The number of urea groups is 1. The maximum atomic E-state index is 12.5. The Morgan fingerprint density at radius 2 is 1.78 bits per heavy atom. The Labute approximate surface area is 166 Å². The van der Waals surface area contributed by atoms with Gasteiger partial charge >= 0.3 is 6.03 Å². The van der Waals surface area contributed by atoms with Crippen molar-refractivity contribution in [3.63, 3.8) is 0 Å². The molecule has 2 amide bonds. The molecule has 1 aliphatic heterocycles. The minimum atomic E-state index is -0.0609. The zero-order valence-electron chi connectivity index (χ0n) is 15.5. The number of piperidine rings is 1. The number of carbonyl (C=O) groups excluding carboxylic acids is 1. The molecule has 5 heteroatoms. The predicted molar refractivity (Wildman–Crippen MR) is 112 cm³/mol. The summed E-state index contributed by atoms with van der Waals surface area (Å²) in [6, 6.07) is 15.4. The van der Waals surface area contributed by atoms with Crippen LogP contribution in [-0.4, -0.2) is 29.7 Å². The first-order chi connectivity index (χ1) is 13.1. The Morgan fingerprint density at radius 1 is 1.15 bits per heavy atom. The van der Waals surface area contributed by atoms with Crippen molar-refractivity contribution in [2.24, 2.45) is 0 Å². The van der Waals surface area contributed by atoms with Gasteiger partial charge in [0.25, 0.3) is 0 Å². The molecule has 2 aromatic rings. The highest BCUT2D eigenvalue weighted by molar-refractivity contribution is 6.30. The van der Waals surface area contributed by atoms with Gasteiger partial charge in [0.05, 0.1) is 0 Å². The average Bonchev–Trinajstić information content (AvgIpc) is 2.69. The van der Waals surface area contributed by atoms with Crippen LogP contribution in [0.4, 0.5) is 10.5 Å².